The summed E-state index contributed by atoms with van der Waals surface area (Å²) in [7, 11) is 0. The number of hydrogen-bond donors (Lipinski definition) is 1. The van der Waals surface area contributed by atoms with E-state index < -0.39 is 0 Å². The van der Waals surface area contributed by atoms with Crippen LogP contribution in [0, 0.1) is 12.8 Å². The van der Waals surface area contributed by atoms with Crippen molar-refractivity contribution in [3.05, 3.63) is 48.0 Å². The molecule has 2 aliphatic rings. The van der Waals surface area contributed by atoms with Gasteiger partial charge in [0.05, 0.1) is 12.3 Å². The zero-order chi connectivity index (χ0) is 19.5. The Kier molecular flexibility index (Phi) is 5.19. The lowest BCUT2D eigenvalue weighted by Crippen LogP contribution is -2.39. The molecule has 1 fully saturated rings. The van der Waals surface area contributed by atoms with Crippen LogP contribution in [-0.4, -0.2) is 31.6 Å². The molecule has 146 valence electrons. The maximum Gasteiger partial charge on any atom is 0.265 e. The van der Waals surface area contributed by atoms with E-state index in [0.717, 1.165) is 18.6 Å². The zero-order valence-electron chi connectivity index (χ0n) is 15.9. The Bertz CT molecular complexity index is 875. The second-order valence-corrected chi connectivity index (χ2v) is 7.30. The summed E-state index contributed by atoms with van der Waals surface area (Å²) in [6.45, 7) is 3.11. The van der Waals surface area contributed by atoms with Crippen molar-refractivity contribution in [3.63, 3.8) is 0 Å². The van der Waals surface area contributed by atoms with Gasteiger partial charge < -0.3 is 19.7 Å². The molecular weight excluding hydrogens is 356 g/mol. The highest BCUT2D eigenvalue weighted by Crippen LogP contribution is 2.36. The molecule has 1 saturated carbocycles. The van der Waals surface area contributed by atoms with Crippen molar-refractivity contribution in [1.82, 2.24) is 0 Å². The quantitative estimate of drug-likeness (QED) is 0.746. The molecular formula is C22H24N2O4. The lowest BCUT2D eigenvalue weighted by molar-refractivity contribution is -0.121. The minimum Gasteiger partial charge on any atom is -0.494 e. The van der Waals surface area contributed by atoms with E-state index in [4.69, 9.17) is 9.47 Å². The summed E-state index contributed by atoms with van der Waals surface area (Å²) in [4.78, 5) is 26.1. The monoisotopic (exact) mass is 380 g/mol. The van der Waals surface area contributed by atoms with E-state index in [-0.39, 0.29) is 24.3 Å². The molecule has 1 heterocycles. The minimum atomic E-state index is -0.0893. The van der Waals surface area contributed by atoms with Crippen LogP contribution in [-0.2, 0) is 9.59 Å². The molecule has 0 atom stereocenters. The smallest absolute Gasteiger partial charge is 0.265 e. The lowest BCUT2D eigenvalue weighted by Gasteiger charge is -2.30. The third kappa shape index (κ3) is 4.27. The molecule has 0 bridgehead atoms. The van der Waals surface area contributed by atoms with Crippen molar-refractivity contribution in [2.75, 3.05) is 30.0 Å². The second-order valence-electron chi connectivity index (χ2n) is 7.30. The molecule has 28 heavy (non-hydrogen) atoms. The fourth-order valence-electron chi connectivity index (χ4n) is 3.16. The number of aryl methyl sites for hydroxylation is 1. The molecule has 4 rings (SSSR count). The topological polar surface area (TPSA) is 67.9 Å². The zero-order valence-corrected chi connectivity index (χ0v) is 15.9. The predicted molar refractivity (Wildman–Crippen MR) is 107 cm³/mol. The number of carbonyl (C=O) groups excluding carboxylic acids is 2. The molecule has 1 aliphatic carbocycles. The lowest BCUT2D eigenvalue weighted by atomic mass is 10.2. The number of nitrogens with one attached hydrogen (secondary N) is 1. The molecule has 6 heteroatoms. The largest absolute Gasteiger partial charge is 0.494 e. The fraction of sp³-hybridized carbons (Fsp3) is 0.364. The summed E-state index contributed by atoms with van der Waals surface area (Å²) in [6.07, 6.45) is 2.59. The number of hydrogen-bond acceptors (Lipinski definition) is 4. The van der Waals surface area contributed by atoms with Gasteiger partial charge in [-0.05, 0) is 56.5 Å². The molecule has 6 nitrogen and oxygen atoms in total. The molecule has 2 aromatic carbocycles. The van der Waals surface area contributed by atoms with Gasteiger partial charge in [-0.15, -0.1) is 0 Å². The normalized spacial score (nSPS) is 15.6. The molecule has 0 unspecified atom stereocenters. The highest BCUT2D eigenvalue weighted by molar-refractivity contribution is 6.00. The summed E-state index contributed by atoms with van der Waals surface area (Å²) in [5, 5.41) is 2.93. The van der Waals surface area contributed by atoms with Crippen molar-refractivity contribution >= 4 is 23.2 Å². The molecule has 0 spiro atoms. The number of fused-ring (bicyclic) bond motifs is 1. The third-order valence-corrected chi connectivity index (χ3v) is 4.93. The molecule has 2 amide bonds. The van der Waals surface area contributed by atoms with Crippen LogP contribution < -0.4 is 19.7 Å². The van der Waals surface area contributed by atoms with Gasteiger partial charge in [0, 0.05) is 18.2 Å². The number of rotatable bonds is 7. The molecule has 2 aromatic rings. The van der Waals surface area contributed by atoms with E-state index >= 15 is 0 Å². The van der Waals surface area contributed by atoms with E-state index in [2.05, 4.69) is 5.32 Å². The fourth-order valence-corrected chi connectivity index (χ4v) is 3.16. The standard InChI is InChI=1S/C22H24N2O4/c1-15-3-8-18(9-4-15)27-12-2-11-24-19-13-17(23-22(26)16-5-6-16)7-10-20(19)28-14-21(24)25/h3-4,7-10,13,16H,2,5-6,11-12,14H2,1H3,(H,23,26). The number of carbonyl (C=O) groups is 2. The van der Waals surface area contributed by atoms with E-state index in [9.17, 15) is 9.59 Å². The van der Waals surface area contributed by atoms with Gasteiger partial charge in [0.15, 0.2) is 6.61 Å². The summed E-state index contributed by atoms with van der Waals surface area (Å²) < 4.78 is 11.3. The van der Waals surface area contributed by atoms with Gasteiger partial charge in [0.25, 0.3) is 5.91 Å². The average molecular weight is 380 g/mol. The first kappa shape index (κ1) is 18.3. The summed E-state index contributed by atoms with van der Waals surface area (Å²) in [5.41, 5.74) is 2.57. The van der Waals surface area contributed by atoms with Gasteiger partial charge >= 0.3 is 0 Å². The summed E-state index contributed by atoms with van der Waals surface area (Å²) >= 11 is 0. The van der Waals surface area contributed by atoms with Crippen molar-refractivity contribution in [2.45, 2.75) is 26.2 Å². The van der Waals surface area contributed by atoms with Crippen LogP contribution in [0.2, 0.25) is 0 Å². The van der Waals surface area contributed by atoms with Gasteiger partial charge in [0.2, 0.25) is 5.91 Å². The summed E-state index contributed by atoms with van der Waals surface area (Å²) in [6, 6.07) is 13.3. The van der Waals surface area contributed by atoms with Gasteiger partial charge in [-0.25, -0.2) is 0 Å². The Labute approximate surface area is 164 Å². The third-order valence-electron chi connectivity index (χ3n) is 4.93. The van der Waals surface area contributed by atoms with Gasteiger partial charge in [-0.3, -0.25) is 9.59 Å². The number of nitrogens with zero attached hydrogens (tertiary/aromatic N) is 1. The molecule has 0 radical (unpaired) electrons. The second kappa shape index (κ2) is 7.92. The van der Waals surface area contributed by atoms with Crippen LogP contribution in [0.25, 0.3) is 0 Å². The first-order chi connectivity index (χ1) is 13.6. The minimum absolute atomic E-state index is 0.0274. The maximum absolute atomic E-state index is 12.4. The SMILES string of the molecule is Cc1ccc(OCCCN2C(=O)COc3ccc(NC(=O)C4CC4)cc32)cc1. The van der Waals surface area contributed by atoms with Crippen LogP contribution in [0.4, 0.5) is 11.4 Å². The Morgan fingerprint density at radius 2 is 2.00 bits per heavy atom. The van der Waals surface area contributed by atoms with Crippen LogP contribution in [0.5, 0.6) is 11.5 Å². The molecule has 1 aliphatic heterocycles. The van der Waals surface area contributed by atoms with Gasteiger partial charge in [-0.1, -0.05) is 17.7 Å². The van der Waals surface area contributed by atoms with E-state index in [1.54, 1.807) is 11.0 Å². The molecule has 0 aromatic heterocycles. The van der Waals surface area contributed by atoms with Crippen molar-refractivity contribution in [2.24, 2.45) is 5.92 Å². The summed E-state index contributed by atoms with van der Waals surface area (Å²) in [5.74, 6) is 1.56. The first-order valence-corrected chi connectivity index (χ1v) is 9.68. The van der Waals surface area contributed by atoms with E-state index in [1.165, 1.54) is 5.56 Å². The van der Waals surface area contributed by atoms with Crippen molar-refractivity contribution in [1.29, 1.82) is 0 Å². The Balaban J connectivity index is 1.38. The van der Waals surface area contributed by atoms with Crippen LogP contribution in [0.15, 0.2) is 42.5 Å². The average Bonchev–Trinajstić information content (AvgIpc) is 3.53. The van der Waals surface area contributed by atoms with Crippen LogP contribution in [0.1, 0.15) is 24.8 Å². The first-order valence-electron chi connectivity index (χ1n) is 9.68. The molecule has 1 N–H and O–H groups in total. The number of amides is 2. The number of anilines is 2. The highest BCUT2D eigenvalue weighted by Gasteiger charge is 2.30. The maximum atomic E-state index is 12.4. The Morgan fingerprint density at radius 3 is 2.75 bits per heavy atom. The van der Waals surface area contributed by atoms with Gasteiger partial charge in [-0.2, -0.15) is 0 Å². The van der Waals surface area contributed by atoms with Crippen LogP contribution >= 0.6 is 0 Å². The molecule has 0 saturated heterocycles. The Hall–Kier alpha value is -3.02. The van der Waals surface area contributed by atoms with E-state index in [1.807, 2.05) is 43.3 Å². The predicted octanol–water partition coefficient (Wildman–Crippen LogP) is 3.54. The van der Waals surface area contributed by atoms with Gasteiger partial charge in [0.1, 0.15) is 11.5 Å². The highest BCUT2D eigenvalue weighted by atomic mass is 16.5. The Morgan fingerprint density at radius 1 is 1.21 bits per heavy atom. The number of benzene rings is 2. The van der Waals surface area contributed by atoms with Crippen molar-refractivity contribution in [3.8, 4) is 11.5 Å². The van der Waals surface area contributed by atoms with Crippen LogP contribution in [0.3, 0.4) is 0 Å². The van der Waals surface area contributed by atoms with E-state index in [0.29, 0.717) is 36.7 Å². The van der Waals surface area contributed by atoms with Crippen molar-refractivity contribution < 1.29 is 19.1 Å². The number of ether oxygens (including phenoxy) is 2.